The number of aromatic nitrogens is 2. The van der Waals surface area contributed by atoms with Gasteiger partial charge in [0.25, 0.3) is 0 Å². The number of halogens is 1. The van der Waals surface area contributed by atoms with Gasteiger partial charge in [0.2, 0.25) is 0 Å². The number of nitrogens with one attached hydrogen (secondary N) is 1. The van der Waals surface area contributed by atoms with E-state index in [0.29, 0.717) is 11.5 Å². The summed E-state index contributed by atoms with van der Waals surface area (Å²) >= 11 is 7.88. The Bertz CT molecular complexity index is 1240. The van der Waals surface area contributed by atoms with E-state index < -0.39 is 5.97 Å². The number of fused-ring (bicyclic) bond motifs is 1. The van der Waals surface area contributed by atoms with Crippen molar-refractivity contribution in [3.05, 3.63) is 64.3 Å². The second-order valence-corrected chi connectivity index (χ2v) is 7.83. The van der Waals surface area contributed by atoms with Crippen LogP contribution in [0, 0.1) is 0 Å². The predicted molar refractivity (Wildman–Crippen MR) is 120 cm³/mol. The van der Waals surface area contributed by atoms with Crippen LogP contribution in [0.15, 0.2) is 48.1 Å². The van der Waals surface area contributed by atoms with Gasteiger partial charge in [0, 0.05) is 17.0 Å². The summed E-state index contributed by atoms with van der Waals surface area (Å²) in [4.78, 5) is 21.1. The molecule has 0 aliphatic carbocycles. The molecule has 0 atom stereocenters. The summed E-state index contributed by atoms with van der Waals surface area (Å²) in [6.07, 6.45) is 2.47. The van der Waals surface area contributed by atoms with Gasteiger partial charge in [-0.25, -0.2) is 14.8 Å². The van der Waals surface area contributed by atoms with E-state index in [2.05, 4.69) is 51.9 Å². The van der Waals surface area contributed by atoms with Crippen molar-refractivity contribution in [3.8, 4) is 16.9 Å². The second kappa shape index (κ2) is 8.30. The molecular formula is C22H18ClN3O3S. The molecule has 6 nitrogen and oxygen atoms in total. The van der Waals surface area contributed by atoms with E-state index in [-0.39, 0.29) is 16.3 Å². The van der Waals surface area contributed by atoms with Gasteiger partial charge in [0.05, 0.1) is 23.2 Å². The number of nitrogens with zero attached hydrogens (tertiary/aromatic N) is 2. The van der Waals surface area contributed by atoms with E-state index >= 15 is 0 Å². The molecule has 0 saturated carbocycles. The first kappa shape index (κ1) is 20.1. The minimum Gasteiger partial charge on any atom is -0.496 e. The van der Waals surface area contributed by atoms with Gasteiger partial charge in [-0.1, -0.05) is 42.8 Å². The van der Waals surface area contributed by atoms with Gasteiger partial charge in [-0.2, -0.15) is 0 Å². The molecule has 0 fully saturated rings. The average Bonchev–Trinajstić information content (AvgIpc) is 3.20. The zero-order valence-corrected chi connectivity index (χ0v) is 17.8. The van der Waals surface area contributed by atoms with Crippen molar-refractivity contribution in [2.75, 3.05) is 12.4 Å². The highest BCUT2D eigenvalue weighted by Crippen LogP contribution is 2.39. The minimum atomic E-state index is -1.11. The Morgan fingerprint density at radius 2 is 2.00 bits per heavy atom. The fourth-order valence-electron chi connectivity index (χ4n) is 3.22. The SMILES string of the molecule is CCc1ccc(-c2csc3ncnc(Nc4cc(OC)c(C(=O)O)cc4Cl)c23)cc1. The number of ether oxygens (including phenoxy) is 1. The van der Waals surface area contributed by atoms with Crippen molar-refractivity contribution in [2.24, 2.45) is 0 Å². The van der Waals surface area contributed by atoms with Crippen LogP contribution in [0.3, 0.4) is 0 Å². The number of hydrogen-bond donors (Lipinski definition) is 2. The number of rotatable bonds is 6. The fraction of sp³-hybridized carbons (Fsp3) is 0.136. The maximum Gasteiger partial charge on any atom is 0.339 e. The maximum atomic E-state index is 11.4. The third-order valence-corrected chi connectivity index (χ3v) is 6.02. The summed E-state index contributed by atoms with van der Waals surface area (Å²) in [5, 5.41) is 15.8. The number of anilines is 2. The number of aromatic carboxylic acids is 1. The van der Waals surface area contributed by atoms with Gasteiger partial charge >= 0.3 is 5.97 Å². The van der Waals surface area contributed by atoms with Crippen molar-refractivity contribution < 1.29 is 14.6 Å². The molecule has 0 radical (unpaired) electrons. The summed E-state index contributed by atoms with van der Waals surface area (Å²) < 4.78 is 5.22. The van der Waals surface area contributed by atoms with Crippen molar-refractivity contribution in [1.29, 1.82) is 0 Å². The van der Waals surface area contributed by atoms with Gasteiger partial charge in [-0.15, -0.1) is 11.3 Å². The Morgan fingerprint density at radius 3 is 2.67 bits per heavy atom. The lowest BCUT2D eigenvalue weighted by atomic mass is 10.0. The molecule has 2 heterocycles. The van der Waals surface area contributed by atoms with Crippen LogP contribution in [0.2, 0.25) is 5.02 Å². The molecule has 4 aromatic rings. The summed E-state index contributed by atoms with van der Waals surface area (Å²) in [5.74, 6) is -0.316. The van der Waals surface area contributed by atoms with Crippen LogP contribution in [-0.2, 0) is 6.42 Å². The molecule has 8 heteroatoms. The van der Waals surface area contributed by atoms with Gasteiger partial charge in [-0.05, 0) is 23.6 Å². The molecule has 0 aliphatic heterocycles. The van der Waals surface area contributed by atoms with E-state index in [1.807, 2.05) is 0 Å². The monoisotopic (exact) mass is 439 g/mol. The van der Waals surface area contributed by atoms with Crippen molar-refractivity contribution in [3.63, 3.8) is 0 Å². The third-order valence-electron chi connectivity index (χ3n) is 4.82. The van der Waals surface area contributed by atoms with E-state index in [9.17, 15) is 9.90 Å². The normalized spacial score (nSPS) is 10.9. The van der Waals surface area contributed by atoms with Crippen molar-refractivity contribution in [2.45, 2.75) is 13.3 Å². The van der Waals surface area contributed by atoms with E-state index in [1.54, 1.807) is 6.07 Å². The summed E-state index contributed by atoms with van der Waals surface area (Å²) in [6.45, 7) is 2.12. The first-order valence-electron chi connectivity index (χ1n) is 9.21. The Labute approximate surface area is 182 Å². The molecule has 2 N–H and O–H groups in total. The summed E-state index contributed by atoms with van der Waals surface area (Å²) in [7, 11) is 1.42. The number of thiophene rings is 1. The highest BCUT2D eigenvalue weighted by Gasteiger charge is 2.18. The molecule has 2 aromatic carbocycles. The van der Waals surface area contributed by atoms with E-state index in [1.165, 1.54) is 36.4 Å². The van der Waals surface area contributed by atoms with E-state index in [4.69, 9.17) is 16.3 Å². The Kier molecular flexibility index (Phi) is 5.57. The second-order valence-electron chi connectivity index (χ2n) is 6.56. The molecule has 4 rings (SSSR count). The van der Waals surface area contributed by atoms with Gasteiger partial charge < -0.3 is 15.2 Å². The number of carbonyl (C=O) groups is 1. The number of carboxylic acids is 1. The fourth-order valence-corrected chi connectivity index (χ4v) is 4.34. The van der Waals surface area contributed by atoms with Gasteiger partial charge in [0.1, 0.15) is 28.3 Å². The largest absolute Gasteiger partial charge is 0.496 e. The van der Waals surface area contributed by atoms with Crippen molar-refractivity contribution in [1.82, 2.24) is 9.97 Å². The Hall–Kier alpha value is -3.16. The molecule has 0 spiro atoms. The highest BCUT2D eigenvalue weighted by atomic mass is 35.5. The van der Waals surface area contributed by atoms with Crippen LogP contribution in [-0.4, -0.2) is 28.2 Å². The Morgan fingerprint density at radius 1 is 1.23 bits per heavy atom. The smallest absolute Gasteiger partial charge is 0.339 e. The van der Waals surface area contributed by atoms with Crippen LogP contribution < -0.4 is 10.1 Å². The molecule has 0 aliphatic rings. The molecule has 30 heavy (non-hydrogen) atoms. The topological polar surface area (TPSA) is 84.3 Å². The average molecular weight is 440 g/mol. The molecular weight excluding hydrogens is 422 g/mol. The molecule has 0 saturated heterocycles. The molecule has 152 valence electrons. The standard InChI is InChI=1S/C22H18ClN3O3S/c1-3-12-4-6-13(7-5-12)15-10-30-21-19(15)20(24-11-25-21)26-17-9-18(29-2)14(22(27)28)8-16(17)23/h4-11H,3H2,1-2H3,(H,27,28)(H,24,25,26). The quantitative estimate of drug-likeness (QED) is 0.382. The zero-order chi connectivity index (χ0) is 21.3. The van der Waals surface area contributed by atoms with Crippen LogP contribution in [0.4, 0.5) is 11.5 Å². The number of methoxy groups -OCH3 is 1. The van der Waals surface area contributed by atoms with Gasteiger partial charge in [-0.3, -0.25) is 0 Å². The van der Waals surface area contributed by atoms with Gasteiger partial charge in [0.15, 0.2) is 0 Å². The molecule has 0 unspecified atom stereocenters. The first-order chi connectivity index (χ1) is 14.5. The first-order valence-corrected chi connectivity index (χ1v) is 10.5. The van der Waals surface area contributed by atoms with E-state index in [0.717, 1.165) is 27.8 Å². The number of benzene rings is 2. The lowest BCUT2D eigenvalue weighted by Crippen LogP contribution is -2.03. The van der Waals surface area contributed by atoms with Crippen LogP contribution in [0.5, 0.6) is 5.75 Å². The third kappa shape index (κ3) is 3.69. The van der Waals surface area contributed by atoms with Crippen LogP contribution in [0.1, 0.15) is 22.8 Å². The summed E-state index contributed by atoms with van der Waals surface area (Å²) in [6, 6.07) is 11.3. The summed E-state index contributed by atoms with van der Waals surface area (Å²) in [5.41, 5.74) is 3.85. The minimum absolute atomic E-state index is 0.00637. The zero-order valence-electron chi connectivity index (χ0n) is 16.3. The molecule has 2 aromatic heterocycles. The number of carboxylic acid groups (broad SMARTS) is 1. The molecule has 0 amide bonds. The lowest BCUT2D eigenvalue weighted by Gasteiger charge is -2.13. The maximum absolute atomic E-state index is 11.4. The number of aryl methyl sites for hydroxylation is 1. The molecule has 0 bridgehead atoms. The van der Waals surface area contributed by atoms with Crippen molar-refractivity contribution >= 4 is 50.6 Å². The van der Waals surface area contributed by atoms with Crippen LogP contribution >= 0.6 is 22.9 Å². The lowest BCUT2D eigenvalue weighted by molar-refractivity contribution is 0.0693. The predicted octanol–water partition coefficient (Wildman–Crippen LogP) is 6.02. The number of hydrogen-bond acceptors (Lipinski definition) is 6. The highest BCUT2D eigenvalue weighted by molar-refractivity contribution is 7.17. The Balaban J connectivity index is 1.80. The van der Waals surface area contributed by atoms with Crippen LogP contribution in [0.25, 0.3) is 21.3 Å².